The Morgan fingerprint density at radius 3 is 2.86 bits per heavy atom. The molecule has 2 aliphatic rings. The van der Waals surface area contributed by atoms with Crippen LogP contribution in [0.15, 0.2) is 12.4 Å². The van der Waals surface area contributed by atoms with Crippen LogP contribution < -0.4 is 10.6 Å². The molecule has 21 heavy (non-hydrogen) atoms. The van der Waals surface area contributed by atoms with Gasteiger partial charge in [-0.3, -0.25) is 9.78 Å². The van der Waals surface area contributed by atoms with Crippen LogP contribution in [0, 0.1) is 5.92 Å². The van der Waals surface area contributed by atoms with Crippen molar-refractivity contribution in [2.75, 3.05) is 30.8 Å². The zero-order valence-corrected chi connectivity index (χ0v) is 12.5. The molecule has 6 heteroatoms. The molecule has 1 aromatic heterocycles. The molecule has 114 valence electrons. The number of carbonyl (C=O) groups excluding carboxylic acids is 1. The van der Waals surface area contributed by atoms with Crippen molar-refractivity contribution in [3.63, 3.8) is 0 Å². The van der Waals surface area contributed by atoms with Gasteiger partial charge in [-0.05, 0) is 12.8 Å². The fraction of sp³-hybridized carbons (Fsp3) is 0.667. The van der Waals surface area contributed by atoms with Gasteiger partial charge in [-0.2, -0.15) is 0 Å². The van der Waals surface area contributed by atoms with Gasteiger partial charge in [0.15, 0.2) is 0 Å². The van der Waals surface area contributed by atoms with Crippen molar-refractivity contribution in [1.82, 2.24) is 14.9 Å². The largest absolute Gasteiger partial charge is 0.382 e. The molecule has 0 spiro atoms. The molecule has 1 aliphatic carbocycles. The summed E-state index contributed by atoms with van der Waals surface area (Å²) in [5.41, 5.74) is 5.67. The molecule has 6 nitrogen and oxygen atoms in total. The quantitative estimate of drug-likeness (QED) is 0.904. The average Bonchev–Trinajstić information content (AvgIpc) is 3.08. The van der Waals surface area contributed by atoms with E-state index in [2.05, 4.69) is 14.9 Å². The van der Waals surface area contributed by atoms with E-state index in [0.717, 1.165) is 18.9 Å². The predicted octanol–water partition coefficient (Wildman–Crippen LogP) is 1.29. The number of rotatable bonds is 4. The molecule has 1 aliphatic heterocycles. The highest BCUT2D eigenvalue weighted by atomic mass is 16.2. The fourth-order valence-corrected chi connectivity index (χ4v) is 3.53. The summed E-state index contributed by atoms with van der Waals surface area (Å²) in [5.74, 6) is 1.88. The summed E-state index contributed by atoms with van der Waals surface area (Å²) in [6.07, 6.45) is 8.77. The van der Waals surface area contributed by atoms with Crippen LogP contribution in [0.3, 0.4) is 0 Å². The number of nitrogen functional groups attached to an aromatic ring is 1. The average molecular weight is 289 g/mol. The lowest BCUT2D eigenvalue weighted by Gasteiger charge is -2.25. The third-order valence-electron chi connectivity index (χ3n) is 4.57. The Bertz CT molecular complexity index is 515. The van der Waals surface area contributed by atoms with Gasteiger partial charge in [0.1, 0.15) is 11.6 Å². The highest BCUT2D eigenvalue weighted by Gasteiger charge is 2.35. The van der Waals surface area contributed by atoms with E-state index in [4.69, 9.17) is 5.73 Å². The van der Waals surface area contributed by atoms with E-state index in [1.54, 1.807) is 6.20 Å². The minimum atomic E-state index is 0.318. The first-order valence-corrected chi connectivity index (χ1v) is 7.71. The van der Waals surface area contributed by atoms with E-state index in [1.807, 2.05) is 11.9 Å². The predicted molar refractivity (Wildman–Crippen MR) is 81.8 cm³/mol. The molecule has 2 fully saturated rings. The summed E-state index contributed by atoms with van der Waals surface area (Å²) in [6, 6.07) is 0.486. The molecule has 1 saturated carbocycles. The lowest BCUT2D eigenvalue weighted by atomic mass is 10.1. The molecule has 3 rings (SSSR count). The van der Waals surface area contributed by atoms with E-state index in [9.17, 15) is 4.79 Å². The summed E-state index contributed by atoms with van der Waals surface area (Å²) in [7, 11) is 1.98. The Morgan fingerprint density at radius 1 is 1.38 bits per heavy atom. The molecule has 1 aromatic rings. The molecule has 1 unspecified atom stereocenters. The molecule has 0 radical (unpaired) electrons. The number of amides is 1. The SMILES string of the molecule is CN(CC1CC(=O)N(C2CCCC2)C1)c1cncc(N)n1. The molecule has 0 bridgehead atoms. The lowest BCUT2D eigenvalue weighted by molar-refractivity contribution is -0.129. The van der Waals surface area contributed by atoms with E-state index >= 15 is 0 Å². The monoisotopic (exact) mass is 289 g/mol. The van der Waals surface area contributed by atoms with Gasteiger partial charge in [0, 0.05) is 38.5 Å². The maximum Gasteiger partial charge on any atom is 0.223 e. The third-order valence-corrected chi connectivity index (χ3v) is 4.57. The van der Waals surface area contributed by atoms with Crippen LogP contribution >= 0.6 is 0 Å². The first-order valence-electron chi connectivity index (χ1n) is 7.71. The van der Waals surface area contributed by atoms with Crippen molar-refractivity contribution >= 4 is 17.5 Å². The topological polar surface area (TPSA) is 75.4 Å². The van der Waals surface area contributed by atoms with Gasteiger partial charge in [-0.25, -0.2) is 4.98 Å². The molecule has 2 N–H and O–H groups in total. The van der Waals surface area contributed by atoms with Gasteiger partial charge >= 0.3 is 0 Å². The second-order valence-electron chi connectivity index (χ2n) is 6.24. The second-order valence-corrected chi connectivity index (χ2v) is 6.24. The van der Waals surface area contributed by atoms with E-state index < -0.39 is 0 Å². The molecule has 1 atom stereocenters. The van der Waals surface area contributed by atoms with Crippen LogP contribution in [-0.4, -0.2) is 47.0 Å². The first-order chi connectivity index (χ1) is 10.1. The Kier molecular flexibility index (Phi) is 3.94. The highest BCUT2D eigenvalue weighted by molar-refractivity contribution is 5.79. The van der Waals surface area contributed by atoms with Gasteiger partial charge in [0.2, 0.25) is 5.91 Å². The number of carbonyl (C=O) groups is 1. The Labute approximate surface area is 125 Å². The first kappa shape index (κ1) is 14.1. The number of hydrogen-bond donors (Lipinski definition) is 1. The number of nitrogens with two attached hydrogens (primary N) is 1. The van der Waals surface area contributed by atoms with Crippen LogP contribution in [-0.2, 0) is 4.79 Å². The van der Waals surface area contributed by atoms with Crippen molar-refractivity contribution in [1.29, 1.82) is 0 Å². The Hall–Kier alpha value is -1.85. The Balaban J connectivity index is 1.59. The normalized spacial score (nSPS) is 23.0. The zero-order valence-electron chi connectivity index (χ0n) is 12.5. The van der Waals surface area contributed by atoms with Gasteiger partial charge in [-0.1, -0.05) is 12.8 Å². The number of aromatic nitrogens is 2. The van der Waals surface area contributed by atoms with Crippen LogP contribution in [0.2, 0.25) is 0 Å². The van der Waals surface area contributed by atoms with Crippen LogP contribution in [0.25, 0.3) is 0 Å². The number of hydrogen-bond acceptors (Lipinski definition) is 5. The lowest BCUT2D eigenvalue weighted by Crippen LogP contribution is -2.35. The van der Waals surface area contributed by atoms with Gasteiger partial charge in [0.05, 0.1) is 12.4 Å². The Morgan fingerprint density at radius 2 is 2.14 bits per heavy atom. The standard InChI is InChI=1S/C15H23N5O/c1-19(14-8-17-7-13(16)18-14)9-11-6-15(21)20(10-11)12-4-2-3-5-12/h7-8,11-12H,2-6,9-10H2,1H3,(H2,16,18). The number of anilines is 2. The summed E-state index contributed by atoms with van der Waals surface area (Å²) >= 11 is 0. The van der Waals surface area contributed by atoms with Crippen molar-refractivity contribution in [3.8, 4) is 0 Å². The van der Waals surface area contributed by atoms with Crippen molar-refractivity contribution in [2.24, 2.45) is 5.92 Å². The maximum absolute atomic E-state index is 12.2. The molecule has 0 aromatic carbocycles. The summed E-state index contributed by atoms with van der Waals surface area (Å²) < 4.78 is 0. The number of nitrogens with zero attached hydrogens (tertiary/aromatic N) is 4. The second kappa shape index (κ2) is 5.87. The zero-order chi connectivity index (χ0) is 14.8. The van der Waals surface area contributed by atoms with Crippen molar-refractivity contribution in [3.05, 3.63) is 12.4 Å². The van der Waals surface area contributed by atoms with Gasteiger partial charge < -0.3 is 15.5 Å². The van der Waals surface area contributed by atoms with Crippen LogP contribution in [0.4, 0.5) is 11.6 Å². The molecule has 1 amide bonds. The van der Waals surface area contributed by atoms with E-state index in [1.165, 1.54) is 31.9 Å². The minimum absolute atomic E-state index is 0.318. The van der Waals surface area contributed by atoms with Gasteiger partial charge in [0.25, 0.3) is 0 Å². The third kappa shape index (κ3) is 3.09. The fourth-order valence-electron chi connectivity index (χ4n) is 3.53. The summed E-state index contributed by atoms with van der Waals surface area (Å²) in [6.45, 7) is 1.69. The molecular formula is C15H23N5O. The van der Waals surface area contributed by atoms with Crippen LogP contribution in [0.1, 0.15) is 32.1 Å². The van der Waals surface area contributed by atoms with Crippen molar-refractivity contribution < 1.29 is 4.79 Å². The van der Waals surface area contributed by atoms with E-state index in [0.29, 0.717) is 30.1 Å². The van der Waals surface area contributed by atoms with Gasteiger partial charge in [-0.15, -0.1) is 0 Å². The summed E-state index contributed by atoms with van der Waals surface area (Å²) in [5, 5.41) is 0. The van der Waals surface area contributed by atoms with Crippen molar-refractivity contribution in [2.45, 2.75) is 38.1 Å². The molecule has 1 saturated heterocycles. The maximum atomic E-state index is 12.2. The molecule has 2 heterocycles. The smallest absolute Gasteiger partial charge is 0.223 e. The van der Waals surface area contributed by atoms with Crippen LogP contribution in [0.5, 0.6) is 0 Å². The number of likely N-dealkylation sites (tertiary alicyclic amines) is 1. The minimum Gasteiger partial charge on any atom is -0.382 e. The highest BCUT2D eigenvalue weighted by Crippen LogP contribution is 2.30. The molecular weight excluding hydrogens is 266 g/mol. The summed E-state index contributed by atoms with van der Waals surface area (Å²) in [4.78, 5) is 24.7. The van der Waals surface area contributed by atoms with E-state index in [-0.39, 0.29) is 0 Å².